The molecule has 92 valence electrons. The minimum Gasteiger partial charge on any atom is -0.337 e. The minimum atomic E-state index is -3.65. The third kappa shape index (κ3) is 2.77. The summed E-state index contributed by atoms with van der Waals surface area (Å²) < 4.78 is 22.3. The Morgan fingerprint density at radius 1 is 1.41 bits per heavy atom. The van der Waals surface area contributed by atoms with E-state index in [0.717, 1.165) is 5.56 Å². The van der Waals surface area contributed by atoms with Crippen LogP contribution in [0.3, 0.4) is 0 Å². The van der Waals surface area contributed by atoms with E-state index in [1.807, 2.05) is 0 Å². The number of amides is 1. The van der Waals surface area contributed by atoms with E-state index in [0.29, 0.717) is 6.54 Å². The van der Waals surface area contributed by atoms with E-state index in [1.54, 1.807) is 12.4 Å². The summed E-state index contributed by atoms with van der Waals surface area (Å²) in [4.78, 5) is 20.7. The third-order valence-corrected chi connectivity index (χ3v) is 3.88. The Kier molecular flexibility index (Phi) is 3.07. The predicted molar refractivity (Wildman–Crippen MR) is 59.0 cm³/mol. The van der Waals surface area contributed by atoms with Gasteiger partial charge in [-0.1, -0.05) is 0 Å². The molecule has 2 heterocycles. The van der Waals surface area contributed by atoms with Crippen LogP contribution >= 0.6 is 0 Å². The molecule has 1 aromatic rings. The van der Waals surface area contributed by atoms with Gasteiger partial charge in [0, 0.05) is 37.5 Å². The molecule has 0 saturated carbocycles. The van der Waals surface area contributed by atoms with Crippen LogP contribution in [0, 0.1) is 0 Å². The van der Waals surface area contributed by atoms with Crippen molar-refractivity contribution in [3.05, 3.63) is 24.3 Å². The smallest absolute Gasteiger partial charge is 0.224 e. The number of aromatic nitrogens is 2. The molecule has 0 radical (unpaired) electrons. The Bertz CT molecular complexity index is 516. The fraction of sp³-hybridized carbons (Fsp3) is 0.444. The van der Waals surface area contributed by atoms with Gasteiger partial charge in [-0.05, 0) is 0 Å². The molecular formula is C9H12N4O3S. The van der Waals surface area contributed by atoms with Gasteiger partial charge in [0.15, 0.2) is 0 Å². The average molecular weight is 256 g/mol. The van der Waals surface area contributed by atoms with Crippen molar-refractivity contribution in [2.24, 2.45) is 5.14 Å². The Morgan fingerprint density at radius 3 is 2.59 bits per heavy atom. The Hall–Kier alpha value is -1.54. The van der Waals surface area contributed by atoms with Gasteiger partial charge < -0.3 is 4.90 Å². The Morgan fingerprint density at radius 2 is 2.06 bits per heavy atom. The van der Waals surface area contributed by atoms with Gasteiger partial charge in [0.25, 0.3) is 0 Å². The van der Waals surface area contributed by atoms with Crippen molar-refractivity contribution < 1.29 is 13.2 Å². The van der Waals surface area contributed by atoms with E-state index in [9.17, 15) is 13.2 Å². The topological polar surface area (TPSA) is 106 Å². The summed E-state index contributed by atoms with van der Waals surface area (Å²) in [6.07, 6.45) is 4.52. The van der Waals surface area contributed by atoms with Gasteiger partial charge in [0.1, 0.15) is 11.6 Å². The second kappa shape index (κ2) is 4.38. The molecule has 17 heavy (non-hydrogen) atoms. The summed E-state index contributed by atoms with van der Waals surface area (Å²) in [5, 5.41) is 4.22. The van der Waals surface area contributed by atoms with Crippen molar-refractivity contribution in [1.29, 1.82) is 0 Å². The summed E-state index contributed by atoms with van der Waals surface area (Å²) in [5.41, 5.74) is 0.760. The zero-order valence-corrected chi connectivity index (χ0v) is 9.80. The molecule has 0 aliphatic carbocycles. The molecule has 1 aliphatic rings. The predicted octanol–water partition coefficient (Wildman–Crippen LogP) is -1.13. The molecule has 1 amide bonds. The second-order valence-electron chi connectivity index (χ2n) is 3.94. The lowest BCUT2D eigenvalue weighted by Crippen LogP contribution is -2.31. The zero-order valence-electron chi connectivity index (χ0n) is 8.98. The molecule has 2 N–H and O–H groups in total. The molecule has 1 saturated heterocycles. The number of likely N-dealkylation sites (tertiary alicyclic amines) is 1. The van der Waals surface area contributed by atoms with E-state index in [1.165, 1.54) is 11.2 Å². The van der Waals surface area contributed by atoms with Crippen LogP contribution in [-0.2, 0) is 21.4 Å². The molecule has 0 spiro atoms. The van der Waals surface area contributed by atoms with Crippen LogP contribution in [0.1, 0.15) is 12.0 Å². The van der Waals surface area contributed by atoms with E-state index < -0.39 is 15.3 Å². The molecule has 1 aliphatic heterocycles. The highest BCUT2D eigenvalue weighted by Crippen LogP contribution is 2.18. The molecular weight excluding hydrogens is 244 g/mol. The van der Waals surface area contributed by atoms with E-state index in [4.69, 9.17) is 5.14 Å². The van der Waals surface area contributed by atoms with Gasteiger partial charge in [0.05, 0.1) is 0 Å². The Balaban J connectivity index is 2.07. The largest absolute Gasteiger partial charge is 0.337 e. The van der Waals surface area contributed by atoms with E-state index in [-0.39, 0.29) is 18.9 Å². The fourth-order valence-electron chi connectivity index (χ4n) is 1.74. The number of sulfonamides is 1. The molecule has 0 aromatic carbocycles. The molecule has 1 fully saturated rings. The summed E-state index contributed by atoms with van der Waals surface area (Å²) in [6, 6.07) is 0. The monoisotopic (exact) mass is 256 g/mol. The normalized spacial score (nSPS) is 20.9. The van der Waals surface area contributed by atoms with Crippen molar-refractivity contribution >= 4 is 15.9 Å². The molecule has 8 heteroatoms. The van der Waals surface area contributed by atoms with Crippen molar-refractivity contribution in [1.82, 2.24) is 14.9 Å². The highest BCUT2D eigenvalue weighted by Gasteiger charge is 2.36. The maximum absolute atomic E-state index is 11.6. The number of carbonyl (C=O) groups is 1. The van der Waals surface area contributed by atoms with Crippen LogP contribution in [0.4, 0.5) is 0 Å². The van der Waals surface area contributed by atoms with Gasteiger partial charge in [-0.3, -0.25) is 4.79 Å². The standard InChI is InChI=1S/C9H12N4O3S/c10-17(15,16)8-1-9(14)13(5-8)4-7-2-11-6-12-3-7/h2-3,6,8H,1,4-5H2,(H2,10,15,16). The highest BCUT2D eigenvalue weighted by molar-refractivity contribution is 7.89. The average Bonchev–Trinajstić information content (AvgIpc) is 2.62. The maximum atomic E-state index is 11.6. The number of rotatable bonds is 3. The van der Waals surface area contributed by atoms with Crippen LogP contribution < -0.4 is 5.14 Å². The minimum absolute atomic E-state index is 0.0491. The number of nitrogens with two attached hydrogens (primary N) is 1. The zero-order chi connectivity index (χ0) is 12.5. The van der Waals surface area contributed by atoms with Gasteiger partial charge in [-0.15, -0.1) is 0 Å². The number of carbonyl (C=O) groups excluding carboxylic acids is 1. The number of hydrogen-bond donors (Lipinski definition) is 1. The number of primary sulfonamides is 1. The molecule has 1 atom stereocenters. The SMILES string of the molecule is NS(=O)(=O)C1CC(=O)N(Cc2cncnc2)C1. The fourth-order valence-corrected chi connectivity index (χ4v) is 2.50. The number of hydrogen-bond acceptors (Lipinski definition) is 5. The van der Waals surface area contributed by atoms with Crippen LogP contribution in [0.15, 0.2) is 18.7 Å². The quantitative estimate of drug-likeness (QED) is 0.736. The van der Waals surface area contributed by atoms with Crippen LogP contribution in [0.25, 0.3) is 0 Å². The summed E-state index contributed by atoms with van der Waals surface area (Å²) >= 11 is 0. The first-order valence-electron chi connectivity index (χ1n) is 5.00. The molecule has 1 aromatic heterocycles. The molecule has 2 rings (SSSR count). The van der Waals surface area contributed by atoms with Crippen LogP contribution in [0.2, 0.25) is 0 Å². The van der Waals surface area contributed by atoms with E-state index >= 15 is 0 Å². The van der Waals surface area contributed by atoms with E-state index in [2.05, 4.69) is 9.97 Å². The summed E-state index contributed by atoms with van der Waals surface area (Å²) in [7, 11) is -3.65. The summed E-state index contributed by atoms with van der Waals surface area (Å²) in [5.74, 6) is -0.215. The van der Waals surface area contributed by atoms with Crippen LogP contribution in [-0.4, -0.2) is 41.0 Å². The lowest BCUT2D eigenvalue weighted by molar-refractivity contribution is -0.128. The second-order valence-corrected chi connectivity index (χ2v) is 5.78. The van der Waals surface area contributed by atoms with Crippen LogP contribution in [0.5, 0.6) is 0 Å². The third-order valence-electron chi connectivity index (χ3n) is 2.63. The van der Waals surface area contributed by atoms with Gasteiger partial charge in [-0.2, -0.15) is 0 Å². The Labute approximate surface area is 98.7 Å². The number of nitrogens with zero attached hydrogens (tertiary/aromatic N) is 3. The molecule has 1 unspecified atom stereocenters. The molecule has 7 nitrogen and oxygen atoms in total. The first kappa shape index (κ1) is 11.9. The summed E-state index contributed by atoms with van der Waals surface area (Å²) in [6.45, 7) is 0.443. The maximum Gasteiger partial charge on any atom is 0.224 e. The first-order chi connectivity index (χ1) is 7.97. The van der Waals surface area contributed by atoms with Crippen molar-refractivity contribution in [3.63, 3.8) is 0 Å². The van der Waals surface area contributed by atoms with Gasteiger partial charge in [0.2, 0.25) is 15.9 Å². The van der Waals surface area contributed by atoms with Crippen molar-refractivity contribution in [3.8, 4) is 0 Å². The lowest BCUT2D eigenvalue weighted by Gasteiger charge is -2.15. The molecule has 0 bridgehead atoms. The highest BCUT2D eigenvalue weighted by atomic mass is 32.2. The van der Waals surface area contributed by atoms with Gasteiger partial charge in [-0.25, -0.2) is 23.5 Å². The van der Waals surface area contributed by atoms with Gasteiger partial charge >= 0.3 is 0 Å². The lowest BCUT2D eigenvalue weighted by atomic mass is 10.3. The first-order valence-corrected chi connectivity index (χ1v) is 6.61. The van der Waals surface area contributed by atoms with Crippen molar-refractivity contribution in [2.45, 2.75) is 18.2 Å². The van der Waals surface area contributed by atoms with Crippen molar-refractivity contribution in [2.75, 3.05) is 6.54 Å².